The van der Waals surface area contributed by atoms with Crippen molar-refractivity contribution in [3.63, 3.8) is 0 Å². The van der Waals surface area contributed by atoms with Gasteiger partial charge in [0, 0.05) is 19.0 Å². The molecule has 1 aliphatic rings. The largest absolute Gasteiger partial charge is 0.459 e. The lowest BCUT2D eigenvalue weighted by molar-refractivity contribution is -0.122. The number of furan rings is 1. The summed E-state index contributed by atoms with van der Waals surface area (Å²) in [5.41, 5.74) is 0.394. The van der Waals surface area contributed by atoms with Gasteiger partial charge in [-0.1, -0.05) is 27.2 Å². The number of carbonyl (C=O) groups is 2. The number of nitrogens with one attached hydrogen (secondary N) is 2. The van der Waals surface area contributed by atoms with E-state index in [2.05, 4.69) is 31.4 Å². The lowest BCUT2D eigenvalue weighted by atomic mass is 9.69. The summed E-state index contributed by atoms with van der Waals surface area (Å²) < 4.78 is 5.01. The molecule has 0 bridgehead atoms. The minimum atomic E-state index is -0.282. The van der Waals surface area contributed by atoms with Crippen LogP contribution in [0.2, 0.25) is 0 Å². The van der Waals surface area contributed by atoms with Crippen molar-refractivity contribution in [2.45, 2.75) is 65.3 Å². The first-order chi connectivity index (χ1) is 11.4. The van der Waals surface area contributed by atoms with Gasteiger partial charge in [-0.05, 0) is 49.1 Å². The molecule has 2 amide bonds. The van der Waals surface area contributed by atoms with E-state index in [0.717, 1.165) is 18.8 Å². The Morgan fingerprint density at radius 3 is 2.54 bits per heavy atom. The van der Waals surface area contributed by atoms with Crippen molar-refractivity contribution in [3.05, 3.63) is 24.2 Å². The van der Waals surface area contributed by atoms with Crippen LogP contribution >= 0.6 is 0 Å². The van der Waals surface area contributed by atoms with Crippen molar-refractivity contribution >= 4 is 11.8 Å². The van der Waals surface area contributed by atoms with Gasteiger partial charge in [0.1, 0.15) is 0 Å². The summed E-state index contributed by atoms with van der Waals surface area (Å²) in [7, 11) is 0. The summed E-state index contributed by atoms with van der Waals surface area (Å²) in [5, 5.41) is 5.80. The maximum Gasteiger partial charge on any atom is 0.286 e. The Hall–Kier alpha value is -1.78. The molecule has 2 rings (SSSR count). The van der Waals surface area contributed by atoms with Crippen molar-refractivity contribution in [2.24, 2.45) is 11.3 Å². The fourth-order valence-corrected chi connectivity index (χ4v) is 3.39. The monoisotopic (exact) mass is 334 g/mol. The van der Waals surface area contributed by atoms with E-state index in [1.165, 1.54) is 25.5 Å². The van der Waals surface area contributed by atoms with Gasteiger partial charge < -0.3 is 15.1 Å². The first-order valence-electron chi connectivity index (χ1n) is 9.03. The maximum absolute atomic E-state index is 12.0. The Morgan fingerprint density at radius 1 is 1.25 bits per heavy atom. The third-order valence-corrected chi connectivity index (χ3v) is 5.49. The molecule has 0 radical (unpaired) electrons. The number of amides is 2. The summed E-state index contributed by atoms with van der Waals surface area (Å²) in [6.45, 7) is 7.27. The molecule has 0 aliphatic heterocycles. The van der Waals surface area contributed by atoms with E-state index in [4.69, 9.17) is 4.42 Å². The normalized spacial score (nSPS) is 21.3. The van der Waals surface area contributed by atoms with Gasteiger partial charge in [0.25, 0.3) is 5.91 Å². The van der Waals surface area contributed by atoms with Crippen LogP contribution < -0.4 is 10.6 Å². The predicted molar refractivity (Wildman–Crippen MR) is 93.6 cm³/mol. The number of rotatable bonds is 7. The Labute approximate surface area is 144 Å². The van der Waals surface area contributed by atoms with Crippen LogP contribution in [-0.4, -0.2) is 24.4 Å². The average Bonchev–Trinajstić information content (AvgIpc) is 3.10. The molecule has 5 nitrogen and oxygen atoms in total. The van der Waals surface area contributed by atoms with Gasteiger partial charge in [0.05, 0.1) is 6.26 Å². The average molecular weight is 334 g/mol. The minimum Gasteiger partial charge on any atom is -0.459 e. The van der Waals surface area contributed by atoms with Gasteiger partial charge in [-0.15, -0.1) is 0 Å². The third-order valence-electron chi connectivity index (χ3n) is 5.49. The van der Waals surface area contributed by atoms with Crippen molar-refractivity contribution < 1.29 is 14.0 Å². The second-order valence-electron chi connectivity index (χ2n) is 7.44. The maximum atomic E-state index is 12.0. The third kappa shape index (κ3) is 5.11. The number of carbonyl (C=O) groups excluding carboxylic acids is 2. The fourth-order valence-electron chi connectivity index (χ4n) is 3.39. The lowest BCUT2D eigenvalue weighted by Crippen LogP contribution is -2.41. The van der Waals surface area contributed by atoms with Gasteiger partial charge in [0.15, 0.2) is 5.76 Å². The van der Waals surface area contributed by atoms with E-state index in [0.29, 0.717) is 18.4 Å². The first-order valence-corrected chi connectivity index (χ1v) is 9.03. The SMILES string of the molecule is CCC(C)(C)C1CCC(NC(=O)CCNC(=O)c2ccco2)CC1. The van der Waals surface area contributed by atoms with E-state index < -0.39 is 0 Å². The molecule has 2 N–H and O–H groups in total. The Morgan fingerprint density at radius 2 is 1.96 bits per heavy atom. The molecule has 1 heterocycles. The topological polar surface area (TPSA) is 71.3 Å². The zero-order valence-electron chi connectivity index (χ0n) is 15.1. The molecule has 1 fully saturated rings. The van der Waals surface area contributed by atoms with Gasteiger partial charge in [-0.3, -0.25) is 9.59 Å². The summed E-state index contributed by atoms with van der Waals surface area (Å²) in [6.07, 6.45) is 7.42. The minimum absolute atomic E-state index is 0.00736. The Bertz CT molecular complexity index is 529. The van der Waals surface area contributed by atoms with Crippen LogP contribution in [0.4, 0.5) is 0 Å². The number of hydrogen-bond donors (Lipinski definition) is 2. The molecular formula is C19H30N2O3. The smallest absolute Gasteiger partial charge is 0.286 e. The molecule has 1 aromatic heterocycles. The highest BCUT2D eigenvalue weighted by atomic mass is 16.3. The van der Waals surface area contributed by atoms with Crippen LogP contribution in [0.5, 0.6) is 0 Å². The van der Waals surface area contributed by atoms with Crippen molar-refractivity contribution in [3.8, 4) is 0 Å². The molecular weight excluding hydrogens is 304 g/mol. The summed E-state index contributed by atoms with van der Waals surface area (Å²) in [5.74, 6) is 0.749. The van der Waals surface area contributed by atoms with Crippen LogP contribution in [0.25, 0.3) is 0 Å². The fraction of sp³-hybridized carbons (Fsp3) is 0.684. The zero-order chi connectivity index (χ0) is 17.6. The van der Waals surface area contributed by atoms with Crippen LogP contribution in [0.15, 0.2) is 22.8 Å². The molecule has 0 spiro atoms. The van der Waals surface area contributed by atoms with E-state index in [9.17, 15) is 9.59 Å². The zero-order valence-corrected chi connectivity index (χ0v) is 15.1. The second kappa shape index (κ2) is 8.36. The summed E-state index contributed by atoms with van der Waals surface area (Å²) >= 11 is 0. The first kappa shape index (κ1) is 18.6. The Kier molecular flexibility index (Phi) is 6.46. The van der Waals surface area contributed by atoms with Gasteiger partial charge in [-0.25, -0.2) is 0 Å². The molecule has 0 unspecified atom stereocenters. The summed E-state index contributed by atoms with van der Waals surface area (Å²) in [6, 6.07) is 3.55. The van der Waals surface area contributed by atoms with Crippen LogP contribution in [0.1, 0.15) is 69.9 Å². The van der Waals surface area contributed by atoms with Crippen LogP contribution in [-0.2, 0) is 4.79 Å². The molecule has 0 saturated heterocycles. The predicted octanol–water partition coefficient (Wildman–Crippen LogP) is 3.51. The van der Waals surface area contributed by atoms with Crippen molar-refractivity contribution in [1.82, 2.24) is 10.6 Å². The highest BCUT2D eigenvalue weighted by molar-refractivity contribution is 5.91. The van der Waals surface area contributed by atoms with Crippen LogP contribution in [0, 0.1) is 11.3 Å². The quantitative estimate of drug-likeness (QED) is 0.801. The molecule has 1 aromatic rings. The Balaban J connectivity index is 1.64. The molecule has 0 atom stereocenters. The molecule has 5 heteroatoms. The molecule has 1 saturated carbocycles. The standard InChI is InChI=1S/C19H30N2O3/c1-4-19(2,3)14-7-9-15(10-8-14)21-17(22)11-12-20-18(23)16-6-5-13-24-16/h5-6,13-15H,4,7-12H2,1-3H3,(H,20,23)(H,21,22). The van der Waals surface area contributed by atoms with E-state index in [-0.39, 0.29) is 23.6 Å². The van der Waals surface area contributed by atoms with E-state index in [1.807, 2.05) is 0 Å². The number of hydrogen-bond acceptors (Lipinski definition) is 3. The molecule has 0 aromatic carbocycles. The summed E-state index contributed by atoms with van der Waals surface area (Å²) in [4.78, 5) is 23.7. The van der Waals surface area contributed by atoms with Gasteiger partial charge in [0.2, 0.25) is 5.91 Å². The van der Waals surface area contributed by atoms with Crippen molar-refractivity contribution in [2.75, 3.05) is 6.54 Å². The second-order valence-corrected chi connectivity index (χ2v) is 7.44. The van der Waals surface area contributed by atoms with E-state index in [1.54, 1.807) is 12.1 Å². The van der Waals surface area contributed by atoms with Gasteiger partial charge in [-0.2, -0.15) is 0 Å². The molecule has 24 heavy (non-hydrogen) atoms. The highest BCUT2D eigenvalue weighted by Gasteiger charge is 2.32. The highest BCUT2D eigenvalue weighted by Crippen LogP contribution is 2.40. The molecule has 134 valence electrons. The molecule has 1 aliphatic carbocycles. The van der Waals surface area contributed by atoms with Gasteiger partial charge >= 0.3 is 0 Å². The van der Waals surface area contributed by atoms with Crippen LogP contribution in [0.3, 0.4) is 0 Å². The van der Waals surface area contributed by atoms with Crippen molar-refractivity contribution in [1.29, 1.82) is 0 Å². The van der Waals surface area contributed by atoms with E-state index >= 15 is 0 Å². The lowest BCUT2D eigenvalue weighted by Gasteiger charge is -2.39.